The Morgan fingerprint density at radius 3 is 2.50 bits per heavy atom. The largest absolute Gasteiger partial charge is 0.349 e. The van der Waals surface area contributed by atoms with E-state index in [-0.39, 0.29) is 18.3 Å². The zero-order valence-corrected chi connectivity index (χ0v) is 11.8. The van der Waals surface area contributed by atoms with E-state index < -0.39 is 6.04 Å². The molecule has 2 rings (SSSR count). The first-order chi connectivity index (χ1) is 9.25. The first-order valence-electron chi connectivity index (χ1n) is 6.23. The van der Waals surface area contributed by atoms with Gasteiger partial charge < -0.3 is 11.1 Å². The lowest BCUT2D eigenvalue weighted by atomic mass is 10.1. The van der Waals surface area contributed by atoms with Gasteiger partial charge in [-0.2, -0.15) is 0 Å². The number of aromatic nitrogens is 1. The monoisotopic (exact) mass is 291 g/mol. The lowest BCUT2D eigenvalue weighted by molar-refractivity contribution is -0.122. The molecule has 0 fully saturated rings. The molecular weight excluding hydrogens is 274 g/mol. The van der Waals surface area contributed by atoms with Crippen molar-refractivity contribution >= 4 is 18.3 Å². The fourth-order valence-corrected chi connectivity index (χ4v) is 1.77. The van der Waals surface area contributed by atoms with E-state index in [2.05, 4.69) is 10.3 Å². The molecule has 0 aliphatic heterocycles. The minimum Gasteiger partial charge on any atom is -0.349 e. The number of nitrogens with two attached hydrogens (primary N) is 1. The lowest BCUT2D eigenvalue weighted by Gasteiger charge is -2.12. The van der Waals surface area contributed by atoms with Gasteiger partial charge in [0.25, 0.3) is 0 Å². The molecule has 0 spiro atoms. The third-order valence-electron chi connectivity index (χ3n) is 2.81. The van der Waals surface area contributed by atoms with E-state index in [1.807, 2.05) is 48.5 Å². The molecule has 4 nitrogen and oxygen atoms in total. The number of amides is 1. The van der Waals surface area contributed by atoms with Gasteiger partial charge in [0.2, 0.25) is 5.91 Å². The van der Waals surface area contributed by atoms with Gasteiger partial charge in [0.1, 0.15) is 0 Å². The molecule has 106 valence electrons. The molecule has 0 radical (unpaired) electrons. The minimum absolute atomic E-state index is 0. The van der Waals surface area contributed by atoms with Crippen molar-refractivity contribution in [3.63, 3.8) is 0 Å². The van der Waals surface area contributed by atoms with E-state index in [0.29, 0.717) is 13.0 Å². The summed E-state index contributed by atoms with van der Waals surface area (Å²) in [7, 11) is 0. The molecule has 1 aromatic heterocycles. The molecule has 2 aromatic rings. The summed E-state index contributed by atoms with van der Waals surface area (Å²) < 4.78 is 0. The molecule has 1 heterocycles. The second-order valence-corrected chi connectivity index (χ2v) is 4.34. The van der Waals surface area contributed by atoms with Gasteiger partial charge in [-0.25, -0.2) is 0 Å². The van der Waals surface area contributed by atoms with Crippen LogP contribution in [0.3, 0.4) is 0 Å². The number of hydrogen-bond donors (Lipinski definition) is 2. The van der Waals surface area contributed by atoms with Gasteiger partial charge >= 0.3 is 0 Å². The van der Waals surface area contributed by atoms with Crippen LogP contribution in [0.5, 0.6) is 0 Å². The van der Waals surface area contributed by atoms with Crippen LogP contribution >= 0.6 is 12.4 Å². The number of nitrogens with one attached hydrogen (secondary N) is 1. The van der Waals surface area contributed by atoms with Crippen LogP contribution in [0.15, 0.2) is 54.7 Å². The number of carbonyl (C=O) groups excluding carboxylic acids is 1. The topological polar surface area (TPSA) is 68.0 Å². The van der Waals surface area contributed by atoms with E-state index in [4.69, 9.17) is 5.73 Å². The van der Waals surface area contributed by atoms with Crippen LogP contribution in [0.4, 0.5) is 0 Å². The predicted molar refractivity (Wildman–Crippen MR) is 81.5 cm³/mol. The van der Waals surface area contributed by atoms with Gasteiger partial charge in [-0.1, -0.05) is 36.4 Å². The Labute approximate surface area is 124 Å². The van der Waals surface area contributed by atoms with Gasteiger partial charge in [0.15, 0.2) is 0 Å². The minimum atomic E-state index is -0.536. The first kappa shape index (κ1) is 16.1. The highest BCUT2D eigenvalue weighted by Crippen LogP contribution is 2.02. The van der Waals surface area contributed by atoms with Crippen molar-refractivity contribution in [2.45, 2.75) is 19.0 Å². The Bertz CT molecular complexity index is 519. The van der Waals surface area contributed by atoms with Crippen molar-refractivity contribution in [1.82, 2.24) is 10.3 Å². The molecule has 5 heteroatoms. The molecule has 0 aliphatic rings. The van der Waals surface area contributed by atoms with E-state index in [0.717, 1.165) is 11.3 Å². The summed E-state index contributed by atoms with van der Waals surface area (Å²) in [6.45, 7) is 0.405. The molecule has 0 saturated heterocycles. The number of hydrogen-bond acceptors (Lipinski definition) is 3. The molecule has 1 amide bonds. The summed E-state index contributed by atoms with van der Waals surface area (Å²) in [6.07, 6.45) is 2.24. The van der Waals surface area contributed by atoms with Crippen LogP contribution in [-0.2, 0) is 17.8 Å². The van der Waals surface area contributed by atoms with Crippen molar-refractivity contribution in [2.75, 3.05) is 0 Å². The summed E-state index contributed by atoms with van der Waals surface area (Å²) >= 11 is 0. The maximum atomic E-state index is 11.9. The Balaban J connectivity index is 0.00000200. The number of rotatable bonds is 5. The predicted octanol–water partition coefficient (Wildman–Crippen LogP) is 1.69. The quantitative estimate of drug-likeness (QED) is 0.881. The van der Waals surface area contributed by atoms with Crippen LogP contribution in [0, 0.1) is 0 Å². The highest BCUT2D eigenvalue weighted by atomic mass is 35.5. The van der Waals surface area contributed by atoms with Crippen molar-refractivity contribution in [2.24, 2.45) is 5.73 Å². The number of benzene rings is 1. The van der Waals surface area contributed by atoms with Gasteiger partial charge in [-0.15, -0.1) is 12.4 Å². The fraction of sp³-hybridized carbons (Fsp3) is 0.200. The summed E-state index contributed by atoms with van der Waals surface area (Å²) in [5, 5.41) is 2.79. The Kier molecular flexibility index (Phi) is 6.70. The molecule has 0 bridgehead atoms. The molecule has 0 aliphatic carbocycles. The van der Waals surface area contributed by atoms with E-state index in [9.17, 15) is 4.79 Å². The van der Waals surface area contributed by atoms with Crippen LogP contribution in [0.25, 0.3) is 0 Å². The van der Waals surface area contributed by atoms with E-state index in [1.165, 1.54) is 0 Å². The SMILES string of the molecule is Cl.N[C@@H](Cc1ccccc1)C(=O)NCc1ccccn1. The molecular formula is C15H18ClN3O. The first-order valence-corrected chi connectivity index (χ1v) is 6.23. The van der Waals surface area contributed by atoms with E-state index >= 15 is 0 Å². The number of halogens is 1. The lowest BCUT2D eigenvalue weighted by Crippen LogP contribution is -2.41. The fourth-order valence-electron chi connectivity index (χ4n) is 1.77. The number of nitrogens with zero attached hydrogens (tertiary/aromatic N) is 1. The smallest absolute Gasteiger partial charge is 0.237 e. The molecule has 3 N–H and O–H groups in total. The van der Waals surface area contributed by atoms with Crippen LogP contribution in [0.1, 0.15) is 11.3 Å². The zero-order valence-electron chi connectivity index (χ0n) is 11.0. The molecule has 20 heavy (non-hydrogen) atoms. The number of pyridine rings is 1. The zero-order chi connectivity index (χ0) is 13.5. The third-order valence-corrected chi connectivity index (χ3v) is 2.81. The van der Waals surface area contributed by atoms with Crippen molar-refractivity contribution in [3.8, 4) is 0 Å². The van der Waals surface area contributed by atoms with Crippen LogP contribution < -0.4 is 11.1 Å². The van der Waals surface area contributed by atoms with Crippen molar-refractivity contribution in [1.29, 1.82) is 0 Å². The second-order valence-electron chi connectivity index (χ2n) is 4.34. The Hall–Kier alpha value is -1.91. The summed E-state index contributed by atoms with van der Waals surface area (Å²) in [5.41, 5.74) is 7.76. The standard InChI is InChI=1S/C15H17N3O.ClH/c16-14(10-12-6-2-1-3-7-12)15(19)18-11-13-8-4-5-9-17-13;/h1-9,14H,10-11,16H2,(H,18,19);1H/t14-;/m0./s1. The molecule has 1 aromatic carbocycles. The van der Waals surface area contributed by atoms with Gasteiger partial charge in [-0.3, -0.25) is 9.78 Å². The molecule has 0 unspecified atom stereocenters. The maximum Gasteiger partial charge on any atom is 0.237 e. The average Bonchev–Trinajstić information content (AvgIpc) is 2.47. The van der Waals surface area contributed by atoms with Gasteiger partial charge in [0, 0.05) is 6.20 Å². The summed E-state index contributed by atoms with van der Waals surface area (Å²) in [5.74, 6) is -0.158. The molecule has 0 saturated carbocycles. The van der Waals surface area contributed by atoms with Crippen LogP contribution in [0.2, 0.25) is 0 Å². The highest BCUT2D eigenvalue weighted by molar-refractivity contribution is 5.85. The van der Waals surface area contributed by atoms with E-state index in [1.54, 1.807) is 6.20 Å². The maximum absolute atomic E-state index is 11.9. The second kappa shape index (κ2) is 8.30. The van der Waals surface area contributed by atoms with Crippen LogP contribution in [-0.4, -0.2) is 16.9 Å². The Morgan fingerprint density at radius 2 is 1.85 bits per heavy atom. The highest BCUT2D eigenvalue weighted by Gasteiger charge is 2.13. The molecule has 1 atom stereocenters. The number of carbonyl (C=O) groups is 1. The Morgan fingerprint density at radius 1 is 1.15 bits per heavy atom. The average molecular weight is 292 g/mol. The normalized spacial score (nSPS) is 11.2. The van der Waals surface area contributed by atoms with Gasteiger partial charge in [-0.05, 0) is 24.1 Å². The van der Waals surface area contributed by atoms with Crippen molar-refractivity contribution in [3.05, 3.63) is 66.0 Å². The summed E-state index contributed by atoms with van der Waals surface area (Å²) in [4.78, 5) is 16.0. The van der Waals surface area contributed by atoms with Crippen molar-refractivity contribution < 1.29 is 4.79 Å². The van der Waals surface area contributed by atoms with Gasteiger partial charge in [0.05, 0.1) is 18.3 Å². The summed E-state index contributed by atoms with van der Waals surface area (Å²) in [6, 6.07) is 14.8. The third kappa shape index (κ3) is 4.99.